The van der Waals surface area contributed by atoms with Crippen LogP contribution >= 0.6 is 0 Å². The molecule has 1 saturated heterocycles. The Morgan fingerprint density at radius 1 is 1.27 bits per heavy atom. The van der Waals surface area contributed by atoms with E-state index in [1.807, 2.05) is 0 Å². The number of hydrogen-bond donors (Lipinski definition) is 0. The molecule has 0 aromatic heterocycles. The summed E-state index contributed by atoms with van der Waals surface area (Å²) in [4.78, 5) is 12.2. The molecule has 0 unspecified atom stereocenters. The smallest absolute Gasteiger partial charge is 0.131 e. The third kappa shape index (κ3) is 3.20. The first kappa shape index (κ1) is 8.29. The minimum absolute atomic E-state index is 0.383. The molecule has 0 spiro atoms. The van der Waals surface area contributed by atoms with Crippen molar-refractivity contribution in [1.29, 1.82) is 0 Å². The summed E-state index contributed by atoms with van der Waals surface area (Å²) in [5.74, 6) is 5.78. The molecule has 2 heteroatoms. The molecule has 0 aliphatic carbocycles. The Balaban J connectivity index is 2.11. The van der Waals surface area contributed by atoms with E-state index < -0.39 is 0 Å². The molecule has 0 amide bonds. The Morgan fingerprint density at radius 3 is 2.64 bits per heavy atom. The quantitative estimate of drug-likeness (QED) is 0.427. The van der Waals surface area contributed by atoms with Crippen LogP contribution in [0.3, 0.4) is 0 Å². The predicted molar refractivity (Wildman–Crippen MR) is 44.1 cm³/mol. The van der Waals surface area contributed by atoms with Crippen molar-refractivity contribution in [1.82, 2.24) is 4.90 Å². The van der Waals surface area contributed by atoms with Gasteiger partial charge in [0.2, 0.25) is 0 Å². The van der Waals surface area contributed by atoms with Gasteiger partial charge in [-0.05, 0) is 25.9 Å². The number of likely N-dealkylation sites (tertiary alicyclic amines) is 1. The highest BCUT2D eigenvalue weighted by molar-refractivity contribution is 5.53. The highest BCUT2D eigenvalue weighted by atomic mass is 16.1. The molecule has 1 aliphatic heterocycles. The van der Waals surface area contributed by atoms with Crippen LogP contribution < -0.4 is 0 Å². The first-order chi connectivity index (χ1) is 5.43. The fourth-order valence-electron chi connectivity index (χ4n) is 1.22. The van der Waals surface area contributed by atoms with E-state index in [1.165, 1.54) is 25.9 Å². The van der Waals surface area contributed by atoms with Crippen molar-refractivity contribution < 1.29 is 4.79 Å². The second-order valence-corrected chi connectivity index (χ2v) is 2.71. The van der Waals surface area contributed by atoms with Gasteiger partial charge < -0.3 is 4.79 Å². The maximum atomic E-state index is 9.88. The van der Waals surface area contributed by atoms with Crippen molar-refractivity contribution in [2.24, 2.45) is 0 Å². The number of aldehydes is 1. The molecule has 0 aromatic rings. The lowest BCUT2D eigenvalue weighted by atomic mass is 10.4. The summed E-state index contributed by atoms with van der Waals surface area (Å²) >= 11 is 0. The number of nitrogens with zero attached hydrogens (tertiary/aromatic N) is 1. The summed E-state index contributed by atoms with van der Waals surface area (Å²) in [6.45, 7) is 3.19. The highest BCUT2D eigenvalue weighted by Crippen LogP contribution is 2.05. The van der Waals surface area contributed by atoms with E-state index in [1.54, 1.807) is 0 Å². The topological polar surface area (TPSA) is 20.3 Å². The Morgan fingerprint density at radius 2 is 2.00 bits per heavy atom. The van der Waals surface area contributed by atoms with Gasteiger partial charge in [0.1, 0.15) is 6.29 Å². The molecule has 0 radical (unpaired) electrons. The third-order valence-corrected chi connectivity index (χ3v) is 1.81. The van der Waals surface area contributed by atoms with Crippen LogP contribution in [0.15, 0.2) is 0 Å². The third-order valence-electron chi connectivity index (χ3n) is 1.81. The lowest BCUT2D eigenvalue weighted by Gasteiger charge is -2.08. The summed E-state index contributed by atoms with van der Waals surface area (Å²) in [6, 6.07) is 0. The number of carbonyl (C=O) groups excluding carboxylic acids is 1. The molecule has 0 atom stereocenters. The van der Waals surface area contributed by atoms with Gasteiger partial charge in [-0.3, -0.25) is 4.90 Å². The molecule has 1 heterocycles. The molecule has 2 nitrogen and oxygen atoms in total. The summed E-state index contributed by atoms with van der Waals surface area (Å²) < 4.78 is 0. The molecular weight excluding hydrogens is 138 g/mol. The van der Waals surface area contributed by atoms with Crippen LogP contribution in [0.5, 0.6) is 0 Å². The van der Waals surface area contributed by atoms with Gasteiger partial charge in [0.15, 0.2) is 0 Å². The second kappa shape index (κ2) is 4.92. The fourth-order valence-corrected chi connectivity index (χ4v) is 1.22. The Hall–Kier alpha value is -0.810. The van der Waals surface area contributed by atoms with E-state index in [2.05, 4.69) is 16.7 Å². The van der Waals surface area contributed by atoms with Gasteiger partial charge in [0.25, 0.3) is 0 Å². The van der Waals surface area contributed by atoms with E-state index in [0.29, 0.717) is 6.42 Å². The van der Waals surface area contributed by atoms with Crippen LogP contribution in [0.25, 0.3) is 0 Å². The minimum Gasteiger partial charge on any atom is -0.302 e. The zero-order valence-electron chi connectivity index (χ0n) is 6.68. The molecule has 0 bridgehead atoms. The summed E-state index contributed by atoms with van der Waals surface area (Å²) in [6.07, 6.45) is 3.83. The standard InChI is InChI=1S/C9H13NO/c11-9-5-1-2-6-10-7-3-4-8-10/h9H,3-8H2. The van der Waals surface area contributed by atoms with Crippen LogP contribution in [0.1, 0.15) is 19.3 Å². The summed E-state index contributed by atoms with van der Waals surface area (Å²) in [7, 11) is 0. The zero-order chi connectivity index (χ0) is 7.94. The average molecular weight is 151 g/mol. The van der Waals surface area contributed by atoms with E-state index in [9.17, 15) is 4.79 Å². The van der Waals surface area contributed by atoms with E-state index in [4.69, 9.17) is 0 Å². The molecule has 0 N–H and O–H groups in total. The minimum atomic E-state index is 0.383. The molecular formula is C9H13NO. The average Bonchev–Trinajstić information content (AvgIpc) is 2.50. The maximum Gasteiger partial charge on any atom is 0.131 e. The van der Waals surface area contributed by atoms with Crippen LogP contribution in [0.2, 0.25) is 0 Å². The van der Waals surface area contributed by atoms with Crippen molar-refractivity contribution in [3.8, 4) is 11.8 Å². The Bertz CT molecular complexity index is 172. The van der Waals surface area contributed by atoms with Crippen LogP contribution in [-0.4, -0.2) is 30.8 Å². The van der Waals surface area contributed by atoms with Crippen LogP contribution in [0.4, 0.5) is 0 Å². The molecule has 11 heavy (non-hydrogen) atoms. The molecule has 1 fully saturated rings. The highest BCUT2D eigenvalue weighted by Gasteiger charge is 2.08. The van der Waals surface area contributed by atoms with E-state index >= 15 is 0 Å². The van der Waals surface area contributed by atoms with Crippen molar-refractivity contribution in [2.75, 3.05) is 19.6 Å². The van der Waals surface area contributed by atoms with Gasteiger partial charge in [-0.15, -0.1) is 0 Å². The van der Waals surface area contributed by atoms with Crippen molar-refractivity contribution in [2.45, 2.75) is 19.3 Å². The number of hydrogen-bond acceptors (Lipinski definition) is 2. The predicted octanol–water partition coefficient (Wildman–Crippen LogP) is 0.675. The Kier molecular flexibility index (Phi) is 3.71. The molecule has 0 saturated carbocycles. The summed E-state index contributed by atoms with van der Waals surface area (Å²) in [5.41, 5.74) is 0. The van der Waals surface area contributed by atoms with Crippen LogP contribution in [-0.2, 0) is 4.79 Å². The number of rotatable bonds is 2. The molecule has 60 valence electrons. The van der Waals surface area contributed by atoms with Gasteiger partial charge in [-0.1, -0.05) is 11.8 Å². The fraction of sp³-hybridized carbons (Fsp3) is 0.667. The van der Waals surface area contributed by atoms with Gasteiger partial charge >= 0.3 is 0 Å². The van der Waals surface area contributed by atoms with Gasteiger partial charge in [0.05, 0.1) is 13.0 Å². The maximum absolute atomic E-state index is 9.88. The zero-order valence-corrected chi connectivity index (χ0v) is 6.68. The largest absolute Gasteiger partial charge is 0.302 e. The van der Waals surface area contributed by atoms with Crippen molar-refractivity contribution in [3.05, 3.63) is 0 Å². The Labute approximate surface area is 67.6 Å². The lowest BCUT2D eigenvalue weighted by Crippen LogP contribution is -2.18. The summed E-state index contributed by atoms with van der Waals surface area (Å²) in [5, 5.41) is 0. The second-order valence-electron chi connectivity index (χ2n) is 2.71. The SMILES string of the molecule is O=CCC#CCN1CCCC1. The van der Waals surface area contributed by atoms with E-state index in [0.717, 1.165) is 12.8 Å². The normalized spacial score (nSPS) is 17.5. The van der Waals surface area contributed by atoms with Crippen LogP contribution in [0, 0.1) is 11.8 Å². The lowest BCUT2D eigenvalue weighted by molar-refractivity contribution is -0.107. The van der Waals surface area contributed by atoms with Crippen molar-refractivity contribution in [3.63, 3.8) is 0 Å². The first-order valence-electron chi connectivity index (χ1n) is 4.05. The molecule has 0 aromatic carbocycles. The molecule has 1 aliphatic rings. The van der Waals surface area contributed by atoms with E-state index in [-0.39, 0.29) is 0 Å². The van der Waals surface area contributed by atoms with Crippen molar-refractivity contribution >= 4 is 6.29 Å². The monoisotopic (exact) mass is 151 g/mol. The van der Waals surface area contributed by atoms with Gasteiger partial charge in [-0.25, -0.2) is 0 Å². The number of carbonyl (C=O) groups is 1. The van der Waals surface area contributed by atoms with Gasteiger partial charge in [0, 0.05) is 0 Å². The van der Waals surface area contributed by atoms with Gasteiger partial charge in [-0.2, -0.15) is 0 Å². The molecule has 1 rings (SSSR count). The first-order valence-corrected chi connectivity index (χ1v) is 4.05.